The third-order valence-corrected chi connectivity index (χ3v) is 15.5. The molecule has 1 fully saturated rings. The van der Waals surface area contributed by atoms with E-state index in [0.29, 0.717) is 30.2 Å². The number of sulfonamides is 1. The Bertz CT molecular complexity index is 3010. The van der Waals surface area contributed by atoms with Crippen LogP contribution in [0.1, 0.15) is 55.2 Å². The van der Waals surface area contributed by atoms with Gasteiger partial charge in [-0.2, -0.15) is 5.10 Å². The number of hydrogen-bond acceptors (Lipinski definition) is 9. The number of sulfone groups is 1. The van der Waals surface area contributed by atoms with Crippen LogP contribution in [0.2, 0.25) is 5.02 Å². The monoisotopic (exact) mass is 918 g/mol. The number of hydrogen-bond donors (Lipinski definition) is 2. The highest BCUT2D eigenvalue weighted by Crippen LogP contribution is 2.42. The molecule has 62 heavy (non-hydrogen) atoms. The van der Waals surface area contributed by atoms with Crippen molar-refractivity contribution in [2.24, 2.45) is 0 Å². The van der Waals surface area contributed by atoms with Crippen LogP contribution < -0.4 is 19.9 Å². The van der Waals surface area contributed by atoms with E-state index >= 15 is 0 Å². The van der Waals surface area contributed by atoms with E-state index in [-0.39, 0.29) is 56.0 Å². The molecule has 14 nitrogen and oxygen atoms in total. The molecule has 328 valence electrons. The first-order valence-corrected chi connectivity index (χ1v) is 22.7. The van der Waals surface area contributed by atoms with Crippen LogP contribution in [0.3, 0.4) is 0 Å². The molecule has 1 aliphatic carbocycles. The van der Waals surface area contributed by atoms with Crippen LogP contribution in [-0.4, -0.2) is 72.4 Å². The van der Waals surface area contributed by atoms with Crippen molar-refractivity contribution in [3.8, 4) is 11.4 Å². The van der Waals surface area contributed by atoms with Gasteiger partial charge in [0, 0.05) is 18.7 Å². The van der Waals surface area contributed by atoms with Gasteiger partial charge >= 0.3 is 6.09 Å². The number of benzene rings is 4. The van der Waals surface area contributed by atoms with Gasteiger partial charge in [-0.1, -0.05) is 29.8 Å². The largest absolute Gasteiger partial charge is 0.497 e. The summed E-state index contributed by atoms with van der Waals surface area (Å²) in [6.45, 7) is 1.44. The molecule has 2 heterocycles. The van der Waals surface area contributed by atoms with Crippen LogP contribution >= 0.6 is 11.6 Å². The highest BCUT2D eigenvalue weighted by molar-refractivity contribution is 7.93. The van der Waals surface area contributed by atoms with Gasteiger partial charge in [0.2, 0.25) is 10.0 Å². The fourth-order valence-electron chi connectivity index (χ4n) is 7.17. The van der Waals surface area contributed by atoms with Gasteiger partial charge < -0.3 is 15.2 Å². The molecule has 1 aliphatic rings. The summed E-state index contributed by atoms with van der Waals surface area (Å²) in [5.74, 6) is -2.24. The smallest absolute Gasteiger partial charge is 0.405 e. The van der Waals surface area contributed by atoms with E-state index in [9.17, 15) is 49.1 Å². The molecular formula is C41H39ClF4N6O8S2. The van der Waals surface area contributed by atoms with Crippen LogP contribution in [0, 0.1) is 11.6 Å². The molecule has 21 heteroatoms. The Balaban J connectivity index is 1.56. The average molecular weight is 919 g/mol. The number of nitrogens with one attached hydrogen (secondary N) is 1. The van der Waals surface area contributed by atoms with Gasteiger partial charge in [-0.05, 0) is 91.9 Å². The Labute approximate surface area is 357 Å². The van der Waals surface area contributed by atoms with Crippen molar-refractivity contribution in [3.63, 3.8) is 0 Å². The molecule has 0 saturated heterocycles. The van der Waals surface area contributed by atoms with Crippen LogP contribution in [-0.2, 0) is 44.1 Å². The summed E-state index contributed by atoms with van der Waals surface area (Å²) in [4.78, 5) is 32.1. The number of carboxylic acid groups (broad SMARTS) is 1. The van der Waals surface area contributed by atoms with Gasteiger partial charge in [0.1, 0.15) is 29.8 Å². The lowest BCUT2D eigenvalue weighted by Gasteiger charge is -2.25. The maximum atomic E-state index is 15.0. The molecule has 1 saturated carbocycles. The van der Waals surface area contributed by atoms with Crippen molar-refractivity contribution in [2.45, 2.75) is 68.7 Å². The van der Waals surface area contributed by atoms with Crippen molar-refractivity contribution >= 4 is 65.2 Å². The van der Waals surface area contributed by atoms with E-state index in [1.54, 1.807) is 24.3 Å². The normalized spacial score (nSPS) is 14.1. The fraction of sp³-hybridized carbons (Fsp3) is 0.317. The molecule has 4 aromatic carbocycles. The predicted molar refractivity (Wildman–Crippen MR) is 225 cm³/mol. The fourth-order valence-corrected chi connectivity index (χ4v) is 9.75. The van der Waals surface area contributed by atoms with Crippen molar-refractivity contribution in [2.75, 3.05) is 17.7 Å². The summed E-state index contributed by atoms with van der Waals surface area (Å²) >= 11 is 6.85. The average Bonchev–Trinajstić information content (AvgIpc) is 3.99. The minimum absolute atomic E-state index is 0.0696. The number of nitrogens with zero attached hydrogens (tertiary/aromatic N) is 5. The maximum absolute atomic E-state index is 15.0. The lowest BCUT2D eigenvalue weighted by molar-refractivity contribution is 0.123. The van der Waals surface area contributed by atoms with Gasteiger partial charge in [-0.3, -0.25) is 14.0 Å². The zero-order chi connectivity index (χ0) is 45.1. The Hall–Kier alpha value is -5.73. The molecule has 7 rings (SSSR count). The zero-order valence-corrected chi connectivity index (χ0v) is 35.8. The van der Waals surface area contributed by atoms with Crippen LogP contribution in [0.15, 0.2) is 77.6 Å². The highest BCUT2D eigenvalue weighted by atomic mass is 35.5. The van der Waals surface area contributed by atoms with Crippen LogP contribution in [0.5, 0.6) is 5.75 Å². The van der Waals surface area contributed by atoms with E-state index in [1.807, 2.05) is 0 Å². The van der Waals surface area contributed by atoms with Crippen molar-refractivity contribution in [3.05, 3.63) is 122 Å². The SMILES string of the molecule is COc1ccc(CN(c2nn(CC(F)F)c3c(-n4c([C@H](Cc5cc(F)cc(F)c5)NC(=O)O)nc5cc(C(C)(C)S(C)(=O)=O)ccc5c4=O)ccc(Cl)c23)S(=O)(=O)C2CC2)cc1. The standard InChI is InChI=1S/C41H39ClF4N6O8S2/c1-41(2,61(4,56)57)24-7-12-29-31(18-24)47-37(32(48-40(54)55)17-23-15-25(43)19-26(44)16-23)52(39(29)53)33-14-13-30(42)35-36(33)50(21-34(45)46)49-38(35)51(62(58,59)28-10-11-28)20-22-5-8-27(60-3)9-6-22/h5-9,12-16,18-19,28,32,34,48H,10-11,17,20-21H2,1-4H3,(H,54,55)/t32-/m0/s1. The number of carbonyl (C=O) groups is 1. The van der Waals surface area contributed by atoms with E-state index < -0.39 is 84.4 Å². The minimum Gasteiger partial charge on any atom is -0.497 e. The van der Waals surface area contributed by atoms with Crippen LogP contribution in [0.4, 0.5) is 28.2 Å². The van der Waals surface area contributed by atoms with Gasteiger partial charge in [-0.15, -0.1) is 0 Å². The molecular weight excluding hydrogens is 880 g/mol. The summed E-state index contributed by atoms with van der Waals surface area (Å²) < 4.78 is 119. The maximum Gasteiger partial charge on any atom is 0.405 e. The quantitative estimate of drug-likeness (QED) is 0.0994. The van der Waals surface area contributed by atoms with E-state index in [2.05, 4.69) is 10.4 Å². The predicted octanol–water partition coefficient (Wildman–Crippen LogP) is 7.27. The van der Waals surface area contributed by atoms with E-state index in [0.717, 1.165) is 31.9 Å². The number of aromatic nitrogens is 4. The lowest BCUT2D eigenvalue weighted by atomic mass is 10.00. The molecule has 0 spiro atoms. The second-order valence-corrected chi connectivity index (χ2v) is 20.5. The number of alkyl halides is 2. The minimum atomic E-state index is -4.22. The number of ether oxygens (including phenoxy) is 1. The summed E-state index contributed by atoms with van der Waals surface area (Å²) in [6.07, 6.45) is -3.57. The van der Waals surface area contributed by atoms with Gasteiger partial charge in [0.15, 0.2) is 15.7 Å². The molecule has 0 bridgehead atoms. The third kappa shape index (κ3) is 8.54. The van der Waals surface area contributed by atoms with Crippen molar-refractivity contribution in [1.29, 1.82) is 0 Å². The van der Waals surface area contributed by atoms with Crippen LogP contribution in [0.25, 0.3) is 27.5 Å². The number of rotatable bonds is 15. The topological polar surface area (TPSA) is 183 Å². The molecule has 2 aromatic heterocycles. The molecule has 1 atom stereocenters. The number of halogens is 5. The summed E-state index contributed by atoms with van der Waals surface area (Å²) in [5.41, 5.74) is -0.900. The first-order valence-electron chi connectivity index (χ1n) is 18.9. The van der Waals surface area contributed by atoms with Gasteiger partial charge in [-0.25, -0.2) is 48.5 Å². The first kappa shape index (κ1) is 44.3. The Morgan fingerprint density at radius 2 is 1.66 bits per heavy atom. The number of fused-ring (bicyclic) bond motifs is 2. The highest BCUT2D eigenvalue weighted by Gasteiger charge is 2.43. The zero-order valence-electron chi connectivity index (χ0n) is 33.4. The molecule has 2 N–H and O–H groups in total. The number of methoxy groups -OCH3 is 1. The van der Waals surface area contributed by atoms with Gasteiger partial charge in [0.25, 0.3) is 12.0 Å². The lowest BCUT2D eigenvalue weighted by Crippen LogP contribution is -2.35. The molecule has 6 aromatic rings. The molecule has 0 radical (unpaired) electrons. The summed E-state index contributed by atoms with van der Waals surface area (Å²) in [7, 11) is -6.53. The number of anilines is 1. The molecule has 0 aliphatic heterocycles. The molecule has 0 unspecified atom stereocenters. The second kappa shape index (κ2) is 16.5. The molecule has 1 amide bonds. The van der Waals surface area contributed by atoms with Crippen molar-refractivity contribution in [1.82, 2.24) is 24.6 Å². The second-order valence-electron chi connectivity index (χ2n) is 15.4. The van der Waals surface area contributed by atoms with E-state index in [4.69, 9.17) is 21.3 Å². The van der Waals surface area contributed by atoms with Crippen molar-refractivity contribution < 1.29 is 49.0 Å². The van der Waals surface area contributed by atoms with Gasteiger partial charge in [0.05, 0.1) is 62.2 Å². The van der Waals surface area contributed by atoms with E-state index in [1.165, 1.54) is 51.3 Å². The Morgan fingerprint density at radius 3 is 2.24 bits per heavy atom. The third-order valence-electron chi connectivity index (χ3n) is 10.8. The number of amides is 1. The first-order chi connectivity index (χ1) is 29.1. The summed E-state index contributed by atoms with van der Waals surface area (Å²) in [6, 6.07) is 13.9. The Morgan fingerprint density at radius 1 is 1.00 bits per heavy atom. The Kier molecular flexibility index (Phi) is 11.8. The summed E-state index contributed by atoms with van der Waals surface area (Å²) in [5, 5.41) is 15.5.